The van der Waals surface area contributed by atoms with Crippen molar-refractivity contribution in [1.29, 1.82) is 0 Å². The van der Waals surface area contributed by atoms with Crippen molar-refractivity contribution >= 4 is 11.9 Å². The fourth-order valence-corrected chi connectivity index (χ4v) is 1.43. The van der Waals surface area contributed by atoms with E-state index < -0.39 is 23.8 Å². The number of carbonyl (C=O) groups is 2. The predicted molar refractivity (Wildman–Crippen MR) is 36.1 cm³/mol. The van der Waals surface area contributed by atoms with E-state index in [0.717, 1.165) is 0 Å². The zero-order valence-corrected chi connectivity index (χ0v) is 5.99. The lowest BCUT2D eigenvalue weighted by Crippen LogP contribution is -2.13. The van der Waals surface area contributed by atoms with Crippen molar-refractivity contribution in [3.63, 3.8) is 0 Å². The van der Waals surface area contributed by atoms with Crippen LogP contribution < -0.4 is 0 Å². The van der Waals surface area contributed by atoms with E-state index in [-0.39, 0.29) is 0 Å². The minimum Gasteiger partial charge on any atom is -0.481 e. The van der Waals surface area contributed by atoms with Gasteiger partial charge in [-0.2, -0.15) is 0 Å². The number of carboxylic acid groups (broad SMARTS) is 2. The van der Waals surface area contributed by atoms with Gasteiger partial charge in [0.05, 0.1) is 11.8 Å². The summed E-state index contributed by atoms with van der Waals surface area (Å²) in [5.41, 5.74) is 0. The summed E-state index contributed by atoms with van der Waals surface area (Å²) >= 11 is 0. The van der Waals surface area contributed by atoms with E-state index in [2.05, 4.69) is 0 Å². The first-order chi connectivity index (χ1) is 5.11. The SMILES string of the molecule is O=C(O)[C@@H]1CC[C@H](C(=O)O)C1. The summed E-state index contributed by atoms with van der Waals surface area (Å²) in [5.74, 6) is -2.60. The number of carboxylic acids is 2. The summed E-state index contributed by atoms with van der Waals surface area (Å²) in [4.78, 5) is 20.8. The fourth-order valence-electron chi connectivity index (χ4n) is 1.43. The fraction of sp³-hybridized carbons (Fsp3) is 0.714. The Morgan fingerprint density at radius 2 is 1.36 bits per heavy atom. The van der Waals surface area contributed by atoms with Gasteiger partial charge in [0.15, 0.2) is 0 Å². The average molecular weight is 158 g/mol. The average Bonchev–Trinajstić information content (AvgIpc) is 2.33. The molecule has 4 nitrogen and oxygen atoms in total. The molecule has 2 N–H and O–H groups in total. The van der Waals surface area contributed by atoms with Crippen LogP contribution in [0.25, 0.3) is 0 Å². The van der Waals surface area contributed by atoms with Crippen LogP contribution in [-0.2, 0) is 9.59 Å². The standard InChI is InChI=1S/C7H10O4/c8-6(9)4-1-2-5(3-4)7(10)11/h4-5H,1-3H2,(H,8,9)(H,10,11)/t4-,5+. The van der Waals surface area contributed by atoms with Gasteiger partial charge in [-0.25, -0.2) is 0 Å². The molecule has 2 atom stereocenters. The highest BCUT2D eigenvalue weighted by Crippen LogP contribution is 2.30. The predicted octanol–water partition coefficient (Wildman–Crippen LogP) is 0.572. The van der Waals surface area contributed by atoms with E-state index in [0.29, 0.717) is 19.3 Å². The van der Waals surface area contributed by atoms with Gasteiger partial charge in [0, 0.05) is 0 Å². The lowest BCUT2D eigenvalue weighted by molar-refractivity contribution is -0.143. The van der Waals surface area contributed by atoms with E-state index in [9.17, 15) is 9.59 Å². The largest absolute Gasteiger partial charge is 0.481 e. The van der Waals surface area contributed by atoms with Crippen molar-refractivity contribution in [2.24, 2.45) is 11.8 Å². The molecular formula is C7H10O4. The van der Waals surface area contributed by atoms with E-state index in [1.165, 1.54) is 0 Å². The third-order valence-electron chi connectivity index (χ3n) is 2.13. The van der Waals surface area contributed by atoms with Crippen LogP contribution in [0, 0.1) is 11.8 Å². The molecule has 0 spiro atoms. The molecule has 0 radical (unpaired) electrons. The van der Waals surface area contributed by atoms with Gasteiger partial charge in [-0.05, 0) is 19.3 Å². The molecule has 0 bridgehead atoms. The molecule has 4 heteroatoms. The first-order valence-electron chi connectivity index (χ1n) is 3.57. The number of hydrogen-bond acceptors (Lipinski definition) is 2. The van der Waals surface area contributed by atoms with Crippen LogP contribution in [0.3, 0.4) is 0 Å². The van der Waals surface area contributed by atoms with Crippen LogP contribution in [-0.4, -0.2) is 22.2 Å². The number of rotatable bonds is 2. The molecule has 0 amide bonds. The van der Waals surface area contributed by atoms with Crippen LogP contribution in [0.2, 0.25) is 0 Å². The van der Waals surface area contributed by atoms with Crippen LogP contribution in [0.1, 0.15) is 19.3 Å². The summed E-state index contributed by atoms with van der Waals surface area (Å²) in [6, 6.07) is 0. The minimum atomic E-state index is -0.867. The molecule has 0 aromatic rings. The van der Waals surface area contributed by atoms with Crippen molar-refractivity contribution in [2.75, 3.05) is 0 Å². The van der Waals surface area contributed by atoms with E-state index >= 15 is 0 Å². The normalized spacial score (nSPS) is 30.2. The van der Waals surface area contributed by atoms with E-state index in [4.69, 9.17) is 10.2 Å². The summed E-state index contributed by atoms with van der Waals surface area (Å²) in [6.45, 7) is 0. The van der Waals surface area contributed by atoms with Crippen LogP contribution >= 0.6 is 0 Å². The lowest BCUT2D eigenvalue weighted by Gasteiger charge is -2.01. The molecule has 1 fully saturated rings. The maximum Gasteiger partial charge on any atom is 0.306 e. The third kappa shape index (κ3) is 1.69. The highest BCUT2D eigenvalue weighted by molar-refractivity contribution is 5.75. The van der Waals surface area contributed by atoms with Gasteiger partial charge < -0.3 is 10.2 Å². The second-order valence-electron chi connectivity index (χ2n) is 2.88. The van der Waals surface area contributed by atoms with E-state index in [1.54, 1.807) is 0 Å². The molecular weight excluding hydrogens is 148 g/mol. The summed E-state index contributed by atoms with van der Waals surface area (Å²) < 4.78 is 0. The van der Waals surface area contributed by atoms with Crippen LogP contribution in [0.4, 0.5) is 0 Å². The lowest BCUT2D eigenvalue weighted by atomic mass is 10.1. The van der Waals surface area contributed by atoms with Crippen LogP contribution in [0.15, 0.2) is 0 Å². The molecule has 11 heavy (non-hydrogen) atoms. The quantitative estimate of drug-likeness (QED) is 0.616. The molecule has 1 rings (SSSR count). The topological polar surface area (TPSA) is 74.6 Å². The molecule has 0 unspecified atom stereocenters. The summed E-state index contributed by atoms with van der Waals surface area (Å²) in [5, 5.41) is 17.0. The third-order valence-corrected chi connectivity index (χ3v) is 2.13. The highest BCUT2D eigenvalue weighted by Gasteiger charge is 2.33. The van der Waals surface area contributed by atoms with Gasteiger partial charge in [-0.15, -0.1) is 0 Å². The van der Waals surface area contributed by atoms with Crippen molar-refractivity contribution in [2.45, 2.75) is 19.3 Å². The monoisotopic (exact) mass is 158 g/mol. The first kappa shape index (κ1) is 8.04. The molecule has 1 saturated carbocycles. The Morgan fingerprint density at radius 1 is 1.00 bits per heavy atom. The van der Waals surface area contributed by atoms with Gasteiger partial charge >= 0.3 is 11.9 Å². The van der Waals surface area contributed by atoms with Crippen molar-refractivity contribution in [3.05, 3.63) is 0 Å². The Bertz CT molecular complexity index is 167. The van der Waals surface area contributed by atoms with Gasteiger partial charge in [0.1, 0.15) is 0 Å². The minimum absolute atomic E-state index is 0.296. The highest BCUT2D eigenvalue weighted by atomic mass is 16.4. The molecule has 0 saturated heterocycles. The second-order valence-corrected chi connectivity index (χ2v) is 2.88. The van der Waals surface area contributed by atoms with Crippen molar-refractivity contribution in [1.82, 2.24) is 0 Å². The number of hydrogen-bond donors (Lipinski definition) is 2. The van der Waals surface area contributed by atoms with Gasteiger partial charge in [0.25, 0.3) is 0 Å². The maximum absolute atomic E-state index is 10.4. The van der Waals surface area contributed by atoms with Gasteiger partial charge in [-0.1, -0.05) is 0 Å². The Balaban J connectivity index is 2.47. The molecule has 1 aliphatic rings. The summed E-state index contributed by atoms with van der Waals surface area (Å²) in [7, 11) is 0. The first-order valence-corrected chi connectivity index (χ1v) is 3.57. The maximum atomic E-state index is 10.4. The smallest absolute Gasteiger partial charge is 0.306 e. The molecule has 1 aliphatic carbocycles. The Hall–Kier alpha value is -1.06. The molecule has 62 valence electrons. The van der Waals surface area contributed by atoms with Gasteiger partial charge in [0.2, 0.25) is 0 Å². The van der Waals surface area contributed by atoms with Gasteiger partial charge in [-0.3, -0.25) is 9.59 Å². The summed E-state index contributed by atoms with van der Waals surface area (Å²) in [6.07, 6.45) is 1.31. The van der Waals surface area contributed by atoms with Crippen molar-refractivity contribution in [3.8, 4) is 0 Å². The number of aliphatic carboxylic acids is 2. The zero-order chi connectivity index (χ0) is 8.43. The second kappa shape index (κ2) is 2.90. The Morgan fingerprint density at radius 3 is 1.55 bits per heavy atom. The van der Waals surface area contributed by atoms with Crippen molar-refractivity contribution < 1.29 is 19.8 Å². The Labute approximate surface area is 63.8 Å². The molecule has 0 aliphatic heterocycles. The van der Waals surface area contributed by atoms with E-state index in [1.807, 2.05) is 0 Å². The molecule has 0 heterocycles. The Kier molecular flexibility index (Phi) is 2.12. The molecule has 0 aromatic heterocycles. The molecule has 0 aromatic carbocycles. The zero-order valence-electron chi connectivity index (χ0n) is 5.99. The van der Waals surface area contributed by atoms with Crippen LogP contribution in [0.5, 0.6) is 0 Å².